The van der Waals surface area contributed by atoms with Crippen molar-refractivity contribution in [3.05, 3.63) is 35.9 Å². The largest absolute Gasteiger partial charge is 0.393 e. The second-order valence-corrected chi connectivity index (χ2v) is 3.81. The molecule has 0 heterocycles. The molecule has 1 aromatic carbocycles. The molecule has 0 aliphatic rings. The van der Waals surface area contributed by atoms with Crippen molar-refractivity contribution >= 4 is 17.2 Å². The van der Waals surface area contributed by atoms with Gasteiger partial charge in [-0.25, -0.2) is 0 Å². The Morgan fingerprint density at radius 3 is 2.46 bits per heavy atom. The van der Waals surface area contributed by atoms with Crippen molar-refractivity contribution in [1.29, 1.82) is 0 Å². The van der Waals surface area contributed by atoms with Crippen LogP contribution in [0.2, 0.25) is 0 Å². The van der Waals surface area contributed by atoms with Crippen LogP contribution in [0.15, 0.2) is 30.3 Å². The Hall–Kier alpha value is -0.930. The second kappa shape index (κ2) is 3.85. The highest BCUT2D eigenvalue weighted by Crippen LogP contribution is 2.23. The van der Waals surface area contributed by atoms with Crippen LogP contribution in [-0.2, 0) is 5.60 Å². The zero-order valence-electron chi connectivity index (χ0n) is 7.53. The average molecular weight is 195 g/mol. The van der Waals surface area contributed by atoms with Crippen molar-refractivity contribution in [2.24, 2.45) is 5.73 Å². The fraction of sp³-hybridized carbons (Fsp3) is 0.300. The maximum absolute atomic E-state index is 9.99. The van der Waals surface area contributed by atoms with Crippen molar-refractivity contribution in [2.45, 2.75) is 18.9 Å². The number of thiocarbonyl (C=S) groups is 1. The average Bonchev–Trinajstić information content (AvgIpc) is 2.04. The minimum absolute atomic E-state index is 0.312. The van der Waals surface area contributed by atoms with Gasteiger partial charge in [-0.3, -0.25) is 0 Å². The van der Waals surface area contributed by atoms with Crippen LogP contribution in [-0.4, -0.2) is 10.1 Å². The first-order valence-corrected chi connectivity index (χ1v) is 4.49. The third-order valence-electron chi connectivity index (χ3n) is 1.91. The first-order valence-electron chi connectivity index (χ1n) is 4.08. The van der Waals surface area contributed by atoms with Gasteiger partial charge >= 0.3 is 0 Å². The molecule has 70 valence electrons. The molecule has 0 bridgehead atoms. The van der Waals surface area contributed by atoms with Crippen LogP contribution in [0.4, 0.5) is 0 Å². The van der Waals surface area contributed by atoms with E-state index in [4.69, 9.17) is 18.0 Å². The normalized spacial score (nSPS) is 14.9. The zero-order chi connectivity index (χ0) is 9.90. The molecular formula is C10H13NOS. The van der Waals surface area contributed by atoms with Gasteiger partial charge in [0.05, 0.1) is 10.6 Å². The summed E-state index contributed by atoms with van der Waals surface area (Å²) >= 11 is 4.76. The third kappa shape index (κ3) is 2.79. The van der Waals surface area contributed by atoms with Gasteiger partial charge in [0.25, 0.3) is 0 Å². The van der Waals surface area contributed by atoms with Crippen molar-refractivity contribution in [2.75, 3.05) is 0 Å². The Morgan fingerprint density at radius 2 is 2.00 bits per heavy atom. The summed E-state index contributed by atoms with van der Waals surface area (Å²) in [7, 11) is 0. The van der Waals surface area contributed by atoms with Gasteiger partial charge in [0.2, 0.25) is 0 Å². The standard InChI is InChI=1S/C10H13NOS/c1-10(12,7-9(11)13)8-5-3-2-4-6-8/h2-6,12H,7H2,1H3,(H2,11,13). The number of hydrogen-bond acceptors (Lipinski definition) is 2. The number of rotatable bonds is 3. The van der Waals surface area contributed by atoms with Crippen LogP contribution in [0, 0.1) is 0 Å². The lowest BCUT2D eigenvalue weighted by Gasteiger charge is -2.22. The lowest BCUT2D eigenvalue weighted by molar-refractivity contribution is 0.0656. The molecule has 1 atom stereocenters. The summed E-state index contributed by atoms with van der Waals surface area (Å²) in [4.78, 5) is 0.328. The first kappa shape index (κ1) is 10.2. The van der Waals surface area contributed by atoms with E-state index < -0.39 is 5.60 Å². The Bertz CT molecular complexity index is 295. The van der Waals surface area contributed by atoms with Crippen LogP contribution in [0.3, 0.4) is 0 Å². The molecule has 0 amide bonds. The number of benzene rings is 1. The van der Waals surface area contributed by atoms with Crippen LogP contribution in [0.5, 0.6) is 0 Å². The van der Waals surface area contributed by atoms with Gasteiger partial charge < -0.3 is 10.8 Å². The molecule has 0 aliphatic heterocycles. The summed E-state index contributed by atoms with van der Waals surface area (Å²) in [6.45, 7) is 1.71. The molecule has 0 fully saturated rings. The highest BCUT2D eigenvalue weighted by Gasteiger charge is 2.23. The summed E-state index contributed by atoms with van der Waals surface area (Å²) in [6.07, 6.45) is 0.312. The maximum atomic E-state index is 9.99. The lowest BCUT2D eigenvalue weighted by Crippen LogP contribution is -2.27. The van der Waals surface area contributed by atoms with Gasteiger partial charge in [0.15, 0.2) is 0 Å². The van der Waals surface area contributed by atoms with E-state index >= 15 is 0 Å². The Labute approximate surface area is 83.4 Å². The number of aliphatic hydroxyl groups is 1. The topological polar surface area (TPSA) is 46.2 Å². The SMILES string of the molecule is CC(O)(CC(N)=S)c1ccccc1. The van der Waals surface area contributed by atoms with Crippen LogP contribution in [0.25, 0.3) is 0 Å². The summed E-state index contributed by atoms with van der Waals surface area (Å²) in [6, 6.07) is 9.38. The molecule has 0 saturated heterocycles. The molecule has 1 rings (SSSR count). The monoisotopic (exact) mass is 195 g/mol. The molecule has 3 N–H and O–H groups in total. The molecule has 0 spiro atoms. The molecule has 1 unspecified atom stereocenters. The Kier molecular flexibility index (Phi) is 3.01. The minimum Gasteiger partial charge on any atom is -0.393 e. The van der Waals surface area contributed by atoms with E-state index in [0.29, 0.717) is 11.4 Å². The molecule has 2 nitrogen and oxygen atoms in total. The van der Waals surface area contributed by atoms with E-state index in [2.05, 4.69) is 0 Å². The van der Waals surface area contributed by atoms with Crippen LogP contribution in [0.1, 0.15) is 18.9 Å². The molecule has 0 aromatic heterocycles. The summed E-state index contributed by atoms with van der Waals surface area (Å²) in [5, 5.41) is 9.99. The van der Waals surface area contributed by atoms with Gasteiger partial charge in [-0.2, -0.15) is 0 Å². The fourth-order valence-electron chi connectivity index (χ4n) is 1.24. The Morgan fingerprint density at radius 1 is 1.46 bits per heavy atom. The van der Waals surface area contributed by atoms with Gasteiger partial charge in [-0.15, -0.1) is 0 Å². The fourth-order valence-corrected chi connectivity index (χ4v) is 1.52. The first-order chi connectivity index (χ1) is 6.02. The van der Waals surface area contributed by atoms with Crippen molar-refractivity contribution in [1.82, 2.24) is 0 Å². The van der Waals surface area contributed by atoms with E-state index in [0.717, 1.165) is 5.56 Å². The molecule has 13 heavy (non-hydrogen) atoms. The molecule has 0 saturated carbocycles. The van der Waals surface area contributed by atoms with E-state index in [1.165, 1.54) is 0 Å². The molecule has 1 aromatic rings. The van der Waals surface area contributed by atoms with Gasteiger partial charge in [-0.05, 0) is 12.5 Å². The molecular weight excluding hydrogens is 182 g/mol. The van der Waals surface area contributed by atoms with E-state index in [9.17, 15) is 5.11 Å². The summed E-state index contributed by atoms with van der Waals surface area (Å²) in [5.74, 6) is 0. The van der Waals surface area contributed by atoms with Crippen molar-refractivity contribution in [3.63, 3.8) is 0 Å². The molecule has 0 radical (unpaired) electrons. The van der Waals surface area contributed by atoms with E-state index in [1.807, 2.05) is 30.3 Å². The van der Waals surface area contributed by atoms with Crippen LogP contribution < -0.4 is 5.73 Å². The second-order valence-electron chi connectivity index (χ2n) is 3.28. The van der Waals surface area contributed by atoms with Crippen molar-refractivity contribution < 1.29 is 5.11 Å². The number of hydrogen-bond donors (Lipinski definition) is 2. The molecule has 3 heteroatoms. The third-order valence-corrected chi connectivity index (χ3v) is 2.06. The smallest absolute Gasteiger partial charge is 0.0931 e. The van der Waals surface area contributed by atoms with E-state index in [1.54, 1.807) is 6.92 Å². The number of nitrogens with two attached hydrogens (primary N) is 1. The predicted octanol–water partition coefficient (Wildman–Crippen LogP) is 1.57. The quantitative estimate of drug-likeness (QED) is 0.720. The van der Waals surface area contributed by atoms with Gasteiger partial charge in [-0.1, -0.05) is 42.5 Å². The highest BCUT2D eigenvalue weighted by atomic mass is 32.1. The predicted molar refractivity (Wildman–Crippen MR) is 57.4 cm³/mol. The molecule has 0 aliphatic carbocycles. The minimum atomic E-state index is -0.951. The highest BCUT2D eigenvalue weighted by molar-refractivity contribution is 7.80. The summed E-state index contributed by atoms with van der Waals surface area (Å²) in [5.41, 5.74) is 5.27. The van der Waals surface area contributed by atoms with Gasteiger partial charge in [0, 0.05) is 6.42 Å². The van der Waals surface area contributed by atoms with E-state index in [-0.39, 0.29) is 0 Å². The Balaban J connectivity index is 2.87. The maximum Gasteiger partial charge on any atom is 0.0931 e. The zero-order valence-corrected chi connectivity index (χ0v) is 8.34. The van der Waals surface area contributed by atoms with Crippen LogP contribution >= 0.6 is 12.2 Å². The van der Waals surface area contributed by atoms with Crippen molar-refractivity contribution in [3.8, 4) is 0 Å². The van der Waals surface area contributed by atoms with Gasteiger partial charge in [0.1, 0.15) is 0 Å². The lowest BCUT2D eigenvalue weighted by atomic mass is 9.93. The summed E-state index contributed by atoms with van der Waals surface area (Å²) < 4.78 is 0.